The molecule has 1 aromatic heterocycles. The highest BCUT2D eigenvalue weighted by Crippen LogP contribution is 2.10. The van der Waals surface area contributed by atoms with Crippen LogP contribution in [0.1, 0.15) is 10.4 Å². The van der Waals surface area contributed by atoms with E-state index in [0.29, 0.717) is 5.69 Å². The van der Waals surface area contributed by atoms with Crippen molar-refractivity contribution in [2.45, 2.75) is 6.54 Å². The molecule has 0 bridgehead atoms. The van der Waals surface area contributed by atoms with Crippen molar-refractivity contribution < 1.29 is 31.7 Å². The summed E-state index contributed by atoms with van der Waals surface area (Å²) in [5.74, 6) is -1.23. The van der Waals surface area contributed by atoms with E-state index in [4.69, 9.17) is 5.11 Å². The third-order valence-electron chi connectivity index (χ3n) is 2.50. The smallest absolute Gasteiger partial charge is 0.335 e. The molecule has 0 aliphatic carbocycles. The summed E-state index contributed by atoms with van der Waals surface area (Å²) in [7, 11) is 0. The first-order valence-corrected chi connectivity index (χ1v) is 5.72. The molecule has 0 radical (unpaired) electrons. The van der Waals surface area contributed by atoms with E-state index in [1.54, 1.807) is 29.1 Å². The number of aromatic carboxylic acids is 1. The van der Waals surface area contributed by atoms with Gasteiger partial charge in [-0.05, 0) is 18.2 Å². The Hall–Kier alpha value is -2.40. The zero-order chi connectivity index (χ0) is 13.7. The van der Waals surface area contributed by atoms with Crippen LogP contribution in [0.25, 0.3) is 0 Å². The van der Waals surface area contributed by atoms with Gasteiger partial charge in [0.15, 0.2) is 12.4 Å². The summed E-state index contributed by atoms with van der Waals surface area (Å²) >= 11 is 0. The quantitative estimate of drug-likeness (QED) is 0.661. The van der Waals surface area contributed by atoms with E-state index in [1.807, 2.05) is 18.2 Å². The Morgan fingerprint density at radius 2 is 1.80 bits per heavy atom. The number of hydrogen-bond donors (Lipinski definition) is 2. The standard InChI is InChI=1S/C14H12N2O3.ClH/c17-13(10-16-7-2-1-3-8-16)15-12-6-4-5-11(9-12)14(18)19;/h1-9H,10H2,(H-,15,17,18,19);1H. The number of amides is 1. The van der Waals surface area contributed by atoms with Crippen molar-refractivity contribution in [1.82, 2.24) is 0 Å². The van der Waals surface area contributed by atoms with Crippen LogP contribution in [0.15, 0.2) is 54.9 Å². The van der Waals surface area contributed by atoms with Gasteiger partial charge in [0.25, 0.3) is 5.91 Å². The number of hydrogen-bond acceptors (Lipinski definition) is 2. The summed E-state index contributed by atoms with van der Waals surface area (Å²) in [5.41, 5.74) is 0.617. The first-order chi connectivity index (χ1) is 9.15. The monoisotopic (exact) mass is 292 g/mol. The lowest BCUT2D eigenvalue weighted by Gasteiger charge is -2.04. The largest absolute Gasteiger partial charge is 1.00 e. The zero-order valence-electron chi connectivity index (χ0n) is 10.5. The second-order valence-electron chi connectivity index (χ2n) is 3.98. The number of aromatic nitrogens is 1. The number of benzene rings is 1. The maximum absolute atomic E-state index is 11.8. The summed E-state index contributed by atoms with van der Waals surface area (Å²) in [6.45, 7) is 0.179. The maximum atomic E-state index is 11.8. The fourth-order valence-corrected chi connectivity index (χ4v) is 1.64. The highest BCUT2D eigenvalue weighted by Gasteiger charge is 2.10. The van der Waals surface area contributed by atoms with E-state index in [2.05, 4.69) is 5.32 Å². The van der Waals surface area contributed by atoms with Gasteiger partial charge in [-0.15, -0.1) is 0 Å². The third-order valence-corrected chi connectivity index (χ3v) is 2.50. The van der Waals surface area contributed by atoms with Gasteiger partial charge in [0.05, 0.1) is 5.56 Å². The molecule has 2 aromatic rings. The van der Waals surface area contributed by atoms with E-state index in [9.17, 15) is 9.59 Å². The number of carbonyl (C=O) groups is 2. The Labute approximate surface area is 122 Å². The molecule has 20 heavy (non-hydrogen) atoms. The van der Waals surface area contributed by atoms with Crippen molar-refractivity contribution in [2.24, 2.45) is 0 Å². The van der Waals surface area contributed by atoms with Crippen molar-refractivity contribution in [3.8, 4) is 0 Å². The lowest BCUT2D eigenvalue weighted by Crippen LogP contribution is -3.00. The molecular formula is C14H13ClN2O3. The van der Waals surface area contributed by atoms with Gasteiger partial charge in [-0.25, -0.2) is 4.79 Å². The van der Waals surface area contributed by atoms with Crippen molar-refractivity contribution in [2.75, 3.05) is 5.32 Å². The van der Waals surface area contributed by atoms with Crippen LogP contribution in [0.2, 0.25) is 0 Å². The van der Waals surface area contributed by atoms with Crippen molar-refractivity contribution in [3.05, 3.63) is 60.4 Å². The minimum atomic E-state index is -1.02. The molecule has 0 atom stereocenters. The SMILES string of the molecule is O=C(C[n+]1ccccc1)Nc1cccc(C(=O)O)c1.[Cl-]. The van der Waals surface area contributed by atoms with Crippen LogP contribution in [0.5, 0.6) is 0 Å². The predicted molar refractivity (Wildman–Crippen MR) is 68.7 cm³/mol. The fourth-order valence-electron chi connectivity index (χ4n) is 1.64. The second-order valence-corrected chi connectivity index (χ2v) is 3.98. The van der Waals surface area contributed by atoms with Gasteiger partial charge < -0.3 is 22.8 Å². The number of carboxylic acids is 1. The number of carbonyl (C=O) groups excluding carboxylic acids is 1. The van der Waals surface area contributed by atoms with Crippen LogP contribution >= 0.6 is 0 Å². The molecule has 5 nitrogen and oxygen atoms in total. The Kier molecular flexibility index (Phi) is 5.68. The molecule has 0 spiro atoms. The Morgan fingerprint density at radius 1 is 1.10 bits per heavy atom. The predicted octanol–water partition coefficient (Wildman–Crippen LogP) is -1.68. The average molecular weight is 293 g/mol. The van der Waals surface area contributed by atoms with E-state index in [0.717, 1.165) is 0 Å². The molecule has 1 aromatic carbocycles. The number of rotatable bonds is 4. The van der Waals surface area contributed by atoms with E-state index in [1.165, 1.54) is 12.1 Å². The second kappa shape index (κ2) is 7.25. The van der Waals surface area contributed by atoms with Crippen molar-refractivity contribution >= 4 is 17.6 Å². The first kappa shape index (κ1) is 15.7. The lowest BCUT2D eigenvalue weighted by molar-refractivity contribution is -0.684. The molecule has 0 fully saturated rings. The highest BCUT2D eigenvalue weighted by atomic mass is 35.5. The molecule has 104 valence electrons. The number of pyridine rings is 1. The fraction of sp³-hybridized carbons (Fsp3) is 0.0714. The topological polar surface area (TPSA) is 70.3 Å². The van der Waals surface area contributed by atoms with Crippen molar-refractivity contribution in [3.63, 3.8) is 0 Å². The molecule has 6 heteroatoms. The summed E-state index contributed by atoms with van der Waals surface area (Å²) in [6.07, 6.45) is 3.57. The molecule has 0 unspecified atom stereocenters. The normalized spacial score (nSPS) is 9.40. The maximum Gasteiger partial charge on any atom is 0.335 e. The number of nitrogens with one attached hydrogen (secondary N) is 1. The van der Waals surface area contributed by atoms with Gasteiger partial charge in [-0.3, -0.25) is 4.79 Å². The Bertz CT molecular complexity index is 602. The van der Waals surface area contributed by atoms with E-state index >= 15 is 0 Å². The average Bonchev–Trinajstić information content (AvgIpc) is 2.40. The van der Waals surface area contributed by atoms with Crippen molar-refractivity contribution in [1.29, 1.82) is 0 Å². The van der Waals surface area contributed by atoms with Crippen LogP contribution < -0.4 is 22.3 Å². The van der Waals surface area contributed by atoms with Crippen LogP contribution in [0, 0.1) is 0 Å². The Balaban J connectivity index is 0.00000200. The van der Waals surface area contributed by atoms with Gasteiger partial charge in [0, 0.05) is 17.8 Å². The summed E-state index contributed by atoms with van der Waals surface area (Å²) in [4.78, 5) is 22.6. The minimum Gasteiger partial charge on any atom is -1.00 e. The number of nitrogens with zero attached hydrogens (tertiary/aromatic N) is 1. The van der Waals surface area contributed by atoms with E-state index in [-0.39, 0.29) is 30.4 Å². The molecule has 0 saturated heterocycles. The third kappa shape index (κ3) is 4.37. The van der Waals surface area contributed by atoms with Gasteiger partial charge >= 0.3 is 5.97 Å². The minimum absolute atomic E-state index is 0. The number of carboxylic acid groups (broad SMARTS) is 1. The number of halogens is 1. The lowest BCUT2D eigenvalue weighted by atomic mass is 10.2. The zero-order valence-corrected chi connectivity index (χ0v) is 11.2. The van der Waals surface area contributed by atoms with Crippen LogP contribution in [-0.4, -0.2) is 17.0 Å². The molecular weight excluding hydrogens is 280 g/mol. The molecule has 0 aliphatic heterocycles. The summed E-state index contributed by atoms with van der Waals surface area (Å²) in [6, 6.07) is 11.7. The summed E-state index contributed by atoms with van der Waals surface area (Å²) in [5, 5.41) is 11.5. The van der Waals surface area contributed by atoms with Gasteiger partial charge in [0.2, 0.25) is 6.54 Å². The summed E-state index contributed by atoms with van der Waals surface area (Å²) < 4.78 is 1.73. The number of anilines is 1. The molecule has 1 heterocycles. The Morgan fingerprint density at radius 3 is 2.45 bits per heavy atom. The first-order valence-electron chi connectivity index (χ1n) is 5.72. The van der Waals surface area contributed by atoms with Crippen LogP contribution in [0.3, 0.4) is 0 Å². The highest BCUT2D eigenvalue weighted by molar-refractivity contribution is 5.93. The van der Waals surface area contributed by atoms with E-state index < -0.39 is 5.97 Å². The van der Waals surface area contributed by atoms with Gasteiger partial charge in [-0.1, -0.05) is 12.1 Å². The molecule has 2 N–H and O–H groups in total. The molecule has 2 rings (SSSR count). The molecule has 0 saturated carbocycles. The van der Waals surface area contributed by atoms with Gasteiger partial charge in [-0.2, -0.15) is 4.57 Å². The van der Waals surface area contributed by atoms with Gasteiger partial charge in [0.1, 0.15) is 0 Å². The molecule has 0 aliphatic rings. The molecule has 1 amide bonds. The van der Waals surface area contributed by atoms with Crippen LogP contribution in [0.4, 0.5) is 5.69 Å². The van der Waals surface area contributed by atoms with Crippen LogP contribution in [-0.2, 0) is 11.3 Å².